The van der Waals surface area contributed by atoms with E-state index in [1.807, 2.05) is 11.8 Å². The summed E-state index contributed by atoms with van der Waals surface area (Å²) in [4.78, 5) is 11.6. The van der Waals surface area contributed by atoms with Crippen molar-refractivity contribution >= 4 is 33.6 Å². The lowest BCUT2D eigenvalue weighted by Crippen LogP contribution is -2.43. The summed E-state index contributed by atoms with van der Waals surface area (Å²) in [7, 11) is 0. The molecule has 1 amide bonds. The van der Waals surface area contributed by atoms with Crippen LogP contribution in [0.3, 0.4) is 0 Å². The van der Waals surface area contributed by atoms with Gasteiger partial charge in [-0.2, -0.15) is 11.8 Å². The Hall–Kier alpha value is 0.300. The van der Waals surface area contributed by atoms with E-state index >= 15 is 0 Å². The van der Waals surface area contributed by atoms with E-state index < -0.39 is 0 Å². The quantitative estimate of drug-likeness (QED) is 0.804. The van der Waals surface area contributed by atoms with Gasteiger partial charge in [0.2, 0.25) is 5.91 Å². The standard InChI is InChI=1S/C10H18BrNOS/c1-7(2)9(11)10(13)12-8-4-3-5-14-6-8/h7-9H,3-6H2,1-2H3,(H,12,13). The van der Waals surface area contributed by atoms with Gasteiger partial charge in [0, 0.05) is 11.8 Å². The third-order valence-electron chi connectivity index (χ3n) is 2.34. The minimum Gasteiger partial charge on any atom is -0.352 e. The number of carbonyl (C=O) groups is 1. The van der Waals surface area contributed by atoms with Gasteiger partial charge in [-0.3, -0.25) is 4.79 Å². The van der Waals surface area contributed by atoms with Gasteiger partial charge in [-0.15, -0.1) is 0 Å². The van der Waals surface area contributed by atoms with Crippen molar-refractivity contribution in [2.75, 3.05) is 11.5 Å². The lowest BCUT2D eigenvalue weighted by atomic mass is 10.1. The van der Waals surface area contributed by atoms with Crippen LogP contribution in [0.2, 0.25) is 0 Å². The van der Waals surface area contributed by atoms with E-state index in [4.69, 9.17) is 0 Å². The van der Waals surface area contributed by atoms with Crippen molar-refractivity contribution < 1.29 is 4.79 Å². The Morgan fingerprint density at radius 3 is 2.79 bits per heavy atom. The van der Waals surface area contributed by atoms with Crippen LogP contribution in [0.15, 0.2) is 0 Å². The molecule has 2 nitrogen and oxygen atoms in total. The van der Waals surface area contributed by atoms with Gasteiger partial charge < -0.3 is 5.32 Å². The van der Waals surface area contributed by atoms with Crippen LogP contribution in [0.5, 0.6) is 0 Å². The Kier molecular flexibility index (Phi) is 5.31. The molecule has 82 valence electrons. The summed E-state index contributed by atoms with van der Waals surface area (Å²) in [5.41, 5.74) is 0. The minimum absolute atomic E-state index is 0.0468. The van der Waals surface area contributed by atoms with Crippen molar-refractivity contribution in [3.8, 4) is 0 Å². The number of hydrogen-bond donors (Lipinski definition) is 1. The number of carbonyl (C=O) groups excluding carboxylic acids is 1. The maximum Gasteiger partial charge on any atom is 0.234 e. The first-order valence-corrected chi connectivity index (χ1v) is 7.20. The van der Waals surface area contributed by atoms with Crippen molar-refractivity contribution in [2.24, 2.45) is 5.92 Å². The van der Waals surface area contributed by atoms with Crippen molar-refractivity contribution in [3.63, 3.8) is 0 Å². The number of amides is 1. The molecule has 0 aromatic rings. The van der Waals surface area contributed by atoms with Crippen molar-refractivity contribution in [1.29, 1.82) is 0 Å². The fraction of sp³-hybridized carbons (Fsp3) is 0.900. The zero-order chi connectivity index (χ0) is 10.6. The summed E-state index contributed by atoms with van der Waals surface area (Å²) in [6, 6.07) is 0.389. The second-order valence-electron chi connectivity index (χ2n) is 4.07. The molecular weight excluding hydrogens is 262 g/mol. The predicted molar refractivity (Wildman–Crippen MR) is 66.0 cm³/mol. The molecular formula is C10H18BrNOS. The van der Waals surface area contributed by atoms with Gasteiger partial charge >= 0.3 is 0 Å². The van der Waals surface area contributed by atoms with Gasteiger partial charge in [0.25, 0.3) is 0 Å². The van der Waals surface area contributed by atoms with Crippen LogP contribution in [0.1, 0.15) is 26.7 Å². The topological polar surface area (TPSA) is 29.1 Å². The summed E-state index contributed by atoms with van der Waals surface area (Å²) >= 11 is 5.35. The average molecular weight is 280 g/mol. The summed E-state index contributed by atoms with van der Waals surface area (Å²) in [5, 5.41) is 3.09. The lowest BCUT2D eigenvalue weighted by molar-refractivity contribution is -0.121. The van der Waals surface area contributed by atoms with E-state index in [-0.39, 0.29) is 10.7 Å². The second-order valence-corrected chi connectivity index (χ2v) is 6.20. The van der Waals surface area contributed by atoms with Gasteiger partial charge in [0.15, 0.2) is 0 Å². The third kappa shape index (κ3) is 3.81. The molecule has 14 heavy (non-hydrogen) atoms. The summed E-state index contributed by atoms with van der Waals surface area (Å²) in [6.07, 6.45) is 2.36. The Bertz CT molecular complexity index is 193. The minimum atomic E-state index is -0.0468. The predicted octanol–water partition coefficient (Wildman–Crippen LogP) is 2.42. The molecule has 0 aromatic carbocycles. The van der Waals surface area contributed by atoms with Crippen LogP contribution < -0.4 is 5.32 Å². The van der Waals surface area contributed by atoms with Crippen LogP contribution in [-0.2, 0) is 4.79 Å². The van der Waals surface area contributed by atoms with Gasteiger partial charge in [-0.05, 0) is 24.5 Å². The molecule has 1 N–H and O–H groups in total. The van der Waals surface area contributed by atoms with Gasteiger partial charge in [0.1, 0.15) is 0 Å². The molecule has 0 aliphatic carbocycles. The van der Waals surface area contributed by atoms with Gasteiger partial charge in [-0.1, -0.05) is 29.8 Å². The number of rotatable bonds is 3. The first-order valence-electron chi connectivity index (χ1n) is 5.13. The summed E-state index contributed by atoms with van der Waals surface area (Å²) in [5.74, 6) is 2.82. The molecule has 1 aliphatic heterocycles. The Morgan fingerprint density at radius 2 is 2.29 bits per heavy atom. The number of nitrogens with one attached hydrogen (secondary N) is 1. The monoisotopic (exact) mass is 279 g/mol. The highest BCUT2D eigenvalue weighted by Gasteiger charge is 2.22. The Balaban J connectivity index is 2.31. The SMILES string of the molecule is CC(C)C(Br)C(=O)NC1CCCSC1. The van der Waals surface area contributed by atoms with Crippen LogP contribution in [0.4, 0.5) is 0 Å². The Labute approximate surface area is 98.7 Å². The fourth-order valence-electron chi connectivity index (χ4n) is 1.44. The number of halogens is 1. The van der Waals surface area contributed by atoms with E-state index in [2.05, 4.69) is 35.1 Å². The molecule has 2 unspecified atom stereocenters. The molecule has 1 fully saturated rings. The molecule has 0 radical (unpaired) electrons. The van der Waals surface area contributed by atoms with E-state index in [1.165, 1.54) is 12.2 Å². The van der Waals surface area contributed by atoms with Crippen molar-refractivity contribution in [1.82, 2.24) is 5.32 Å². The average Bonchev–Trinajstić information content (AvgIpc) is 2.18. The van der Waals surface area contributed by atoms with E-state index in [0.717, 1.165) is 12.2 Å². The number of hydrogen-bond acceptors (Lipinski definition) is 2. The smallest absolute Gasteiger partial charge is 0.234 e. The van der Waals surface area contributed by atoms with Crippen LogP contribution >= 0.6 is 27.7 Å². The molecule has 2 atom stereocenters. The van der Waals surface area contributed by atoms with Crippen molar-refractivity contribution in [3.05, 3.63) is 0 Å². The Morgan fingerprint density at radius 1 is 1.57 bits per heavy atom. The molecule has 1 rings (SSSR count). The first kappa shape index (κ1) is 12.4. The number of thioether (sulfide) groups is 1. The number of alkyl halides is 1. The van der Waals surface area contributed by atoms with E-state index in [0.29, 0.717) is 12.0 Å². The maximum absolute atomic E-state index is 11.7. The normalized spacial score (nSPS) is 24.7. The van der Waals surface area contributed by atoms with Crippen molar-refractivity contribution in [2.45, 2.75) is 37.6 Å². The molecule has 0 spiro atoms. The van der Waals surface area contributed by atoms with E-state index in [1.54, 1.807) is 0 Å². The zero-order valence-electron chi connectivity index (χ0n) is 8.75. The highest BCUT2D eigenvalue weighted by molar-refractivity contribution is 9.10. The van der Waals surface area contributed by atoms with Crippen LogP contribution in [0, 0.1) is 5.92 Å². The van der Waals surface area contributed by atoms with E-state index in [9.17, 15) is 4.79 Å². The molecule has 0 aromatic heterocycles. The molecule has 0 saturated carbocycles. The van der Waals surface area contributed by atoms with Gasteiger partial charge in [0.05, 0.1) is 4.83 Å². The second kappa shape index (κ2) is 6.01. The highest BCUT2D eigenvalue weighted by atomic mass is 79.9. The van der Waals surface area contributed by atoms with Crippen LogP contribution in [0.25, 0.3) is 0 Å². The molecule has 4 heteroatoms. The maximum atomic E-state index is 11.7. The molecule has 1 aliphatic rings. The highest BCUT2D eigenvalue weighted by Crippen LogP contribution is 2.18. The zero-order valence-corrected chi connectivity index (χ0v) is 11.2. The lowest BCUT2D eigenvalue weighted by Gasteiger charge is -2.24. The first-order chi connectivity index (χ1) is 6.61. The molecule has 1 heterocycles. The summed E-state index contributed by atoms with van der Waals surface area (Å²) in [6.45, 7) is 4.10. The summed E-state index contributed by atoms with van der Waals surface area (Å²) < 4.78 is 0. The molecule has 1 saturated heterocycles. The van der Waals surface area contributed by atoms with Crippen LogP contribution in [-0.4, -0.2) is 28.3 Å². The van der Waals surface area contributed by atoms with Gasteiger partial charge in [-0.25, -0.2) is 0 Å². The fourth-order valence-corrected chi connectivity index (χ4v) is 2.64. The molecule has 0 bridgehead atoms. The third-order valence-corrected chi connectivity index (χ3v) is 5.03. The largest absolute Gasteiger partial charge is 0.352 e.